The van der Waals surface area contributed by atoms with Gasteiger partial charge in [0.25, 0.3) is 0 Å². The normalized spacial score (nSPS) is 10.4. The van der Waals surface area contributed by atoms with Crippen LogP contribution in [-0.4, -0.2) is 17.6 Å². The van der Waals surface area contributed by atoms with Crippen molar-refractivity contribution in [2.45, 2.75) is 20.3 Å². The molecule has 0 bridgehead atoms. The Kier molecular flexibility index (Phi) is 3.40. The quantitative estimate of drug-likeness (QED) is 0.473. The predicted octanol–water partition coefficient (Wildman–Crippen LogP) is 1.04. The Balaban J connectivity index is 3.92. The van der Waals surface area contributed by atoms with Gasteiger partial charge in [-0.2, -0.15) is 0 Å². The highest BCUT2D eigenvalue weighted by atomic mass is 16.4. The Morgan fingerprint density at radius 3 is 2.64 bits per heavy atom. The van der Waals surface area contributed by atoms with Crippen LogP contribution in [-0.2, 0) is 4.79 Å². The van der Waals surface area contributed by atoms with E-state index in [-0.39, 0.29) is 0 Å². The minimum atomic E-state index is -0.849. The van der Waals surface area contributed by atoms with E-state index >= 15 is 0 Å². The van der Waals surface area contributed by atoms with Crippen LogP contribution >= 0.6 is 0 Å². The van der Waals surface area contributed by atoms with Gasteiger partial charge in [-0.25, -0.2) is 0 Å². The lowest BCUT2D eigenvalue weighted by Crippen LogP contribution is -2.24. The fraction of sp³-hybridized carbons (Fsp3) is 0.833. The first kappa shape index (κ1) is 9.78. The number of aliphatic carboxylic acids is 1. The van der Waals surface area contributed by atoms with Crippen molar-refractivity contribution in [2.75, 3.05) is 6.54 Å². The molecule has 0 unspecified atom stereocenters. The maximum absolute atomic E-state index is 10.5. The van der Waals surface area contributed by atoms with Gasteiger partial charge in [0, 0.05) is 0 Å². The molecule has 5 heteroatoms. The average molecular weight is 158 g/mol. The number of carboxylic acids is 1. The molecule has 0 saturated carbocycles. The summed E-state index contributed by atoms with van der Waals surface area (Å²) in [5.74, 6) is -0.849. The maximum Gasteiger partial charge on any atom is 0.309 e. The van der Waals surface area contributed by atoms with Crippen molar-refractivity contribution in [2.24, 2.45) is 10.5 Å². The molecular weight excluding hydrogens is 146 g/mol. The van der Waals surface area contributed by atoms with Crippen LogP contribution in [0.5, 0.6) is 0 Å². The molecule has 0 fully saturated rings. The molecule has 0 spiro atoms. The van der Waals surface area contributed by atoms with Crippen molar-refractivity contribution in [1.29, 1.82) is 5.53 Å². The molecular formula is C6H12N3O2+. The second-order valence-corrected chi connectivity index (χ2v) is 2.90. The van der Waals surface area contributed by atoms with E-state index in [1.54, 1.807) is 13.8 Å². The van der Waals surface area contributed by atoms with Crippen LogP contribution in [0.15, 0.2) is 5.11 Å². The molecule has 0 aromatic carbocycles. The van der Waals surface area contributed by atoms with Crippen molar-refractivity contribution >= 4 is 5.97 Å². The number of nitrogens with zero attached hydrogens (tertiary/aromatic N) is 2. The maximum atomic E-state index is 10.5. The number of nitrogens with one attached hydrogen (secondary N) is 1. The Morgan fingerprint density at radius 2 is 2.27 bits per heavy atom. The Bertz CT molecular complexity index is 194. The van der Waals surface area contributed by atoms with Crippen molar-refractivity contribution in [3.8, 4) is 0 Å². The highest BCUT2D eigenvalue weighted by Crippen LogP contribution is 2.19. The van der Waals surface area contributed by atoms with Crippen molar-refractivity contribution in [1.82, 2.24) is 4.91 Å². The minimum absolute atomic E-state index is 0.294. The standard InChI is InChI=1S/C6H11N3O2/c1-6(2,5(10)11)3-4-8-9-7/h7H,3-4H2,1-2H3/p+1. The summed E-state index contributed by atoms with van der Waals surface area (Å²) in [6, 6.07) is 0. The van der Waals surface area contributed by atoms with Crippen LogP contribution < -0.4 is 4.91 Å². The highest BCUT2D eigenvalue weighted by Gasteiger charge is 2.26. The molecule has 5 nitrogen and oxygen atoms in total. The molecule has 0 aliphatic rings. The zero-order chi connectivity index (χ0) is 8.91. The number of carbonyl (C=O) groups is 1. The lowest BCUT2D eigenvalue weighted by atomic mass is 9.90. The summed E-state index contributed by atoms with van der Waals surface area (Å²) in [6.07, 6.45) is 0.407. The van der Waals surface area contributed by atoms with Gasteiger partial charge in [0.2, 0.25) is 4.91 Å². The van der Waals surface area contributed by atoms with Gasteiger partial charge in [-0.3, -0.25) is 4.79 Å². The van der Waals surface area contributed by atoms with Gasteiger partial charge in [0.1, 0.15) is 17.2 Å². The average Bonchev–Trinajstić information content (AvgIpc) is 1.88. The lowest BCUT2D eigenvalue weighted by molar-refractivity contribution is -0.147. The zero-order valence-corrected chi connectivity index (χ0v) is 6.66. The number of rotatable bonds is 4. The summed E-state index contributed by atoms with van der Waals surface area (Å²) < 4.78 is 0. The SMILES string of the molecule is CC(C)(CCN=[N+]=N)C(=O)O. The Morgan fingerprint density at radius 1 is 1.73 bits per heavy atom. The zero-order valence-electron chi connectivity index (χ0n) is 6.66. The van der Waals surface area contributed by atoms with E-state index in [1.165, 1.54) is 0 Å². The first-order chi connectivity index (χ1) is 5.00. The van der Waals surface area contributed by atoms with E-state index in [2.05, 4.69) is 10.0 Å². The molecule has 0 saturated heterocycles. The molecule has 0 aromatic rings. The van der Waals surface area contributed by atoms with Gasteiger partial charge in [-0.15, -0.1) is 0 Å². The fourth-order valence-electron chi connectivity index (χ4n) is 0.486. The van der Waals surface area contributed by atoms with E-state index < -0.39 is 11.4 Å². The van der Waals surface area contributed by atoms with Crippen LogP contribution in [0.25, 0.3) is 0 Å². The summed E-state index contributed by atoms with van der Waals surface area (Å²) in [6.45, 7) is 3.53. The van der Waals surface area contributed by atoms with E-state index in [0.29, 0.717) is 13.0 Å². The summed E-state index contributed by atoms with van der Waals surface area (Å²) >= 11 is 0. The fourth-order valence-corrected chi connectivity index (χ4v) is 0.486. The van der Waals surface area contributed by atoms with Gasteiger partial charge in [0.05, 0.1) is 5.41 Å². The molecule has 0 aromatic heterocycles. The molecule has 0 atom stereocenters. The molecule has 0 radical (unpaired) electrons. The minimum Gasteiger partial charge on any atom is -0.481 e. The molecule has 0 amide bonds. The highest BCUT2D eigenvalue weighted by molar-refractivity contribution is 5.73. The van der Waals surface area contributed by atoms with Crippen LogP contribution in [0, 0.1) is 10.9 Å². The van der Waals surface area contributed by atoms with Gasteiger partial charge >= 0.3 is 5.97 Å². The summed E-state index contributed by atoms with van der Waals surface area (Å²) in [7, 11) is 0. The molecule has 62 valence electrons. The lowest BCUT2D eigenvalue weighted by Gasteiger charge is -2.15. The van der Waals surface area contributed by atoms with Gasteiger partial charge in [-0.1, -0.05) is 0 Å². The molecule has 0 rings (SSSR count). The van der Waals surface area contributed by atoms with Crippen molar-refractivity contribution < 1.29 is 9.90 Å². The topological polar surface area (TPSA) is 87.6 Å². The van der Waals surface area contributed by atoms with Crippen molar-refractivity contribution in [3.05, 3.63) is 0 Å². The number of hydrogen-bond acceptors (Lipinski definition) is 3. The van der Waals surface area contributed by atoms with Gasteiger partial charge < -0.3 is 5.11 Å². The van der Waals surface area contributed by atoms with E-state index in [4.69, 9.17) is 10.6 Å². The first-order valence-electron chi connectivity index (χ1n) is 3.27. The second kappa shape index (κ2) is 3.83. The monoisotopic (exact) mass is 158 g/mol. The largest absolute Gasteiger partial charge is 0.481 e. The molecule has 0 aliphatic carbocycles. The van der Waals surface area contributed by atoms with Crippen molar-refractivity contribution in [3.63, 3.8) is 0 Å². The van der Waals surface area contributed by atoms with E-state index in [9.17, 15) is 4.79 Å². The second-order valence-electron chi connectivity index (χ2n) is 2.90. The number of carboxylic acid groups (broad SMARTS) is 1. The first-order valence-corrected chi connectivity index (χ1v) is 3.27. The molecule has 11 heavy (non-hydrogen) atoms. The Hall–Kier alpha value is -1.22. The van der Waals surface area contributed by atoms with Crippen LogP contribution in [0.4, 0.5) is 0 Å². The van der Waals surface area contributed by atoms with E-state index in [0.717, 1.165) is 0 Å². The van der Waals surface area contributed by atoms with Crippen LogP contribution in [0.3, 0.4) is 0 Å². The summed E-state index contributed by atoms with van der Waals surface area (Å²) in [5, 5.41) is 12.0. The number of hydrogen-bond donors (Lipinski definition) is 2. The third kappa shape index (κ3) is 3.47. The third-order valence-corrected chi connectivity index (χ3v) is 1.49. The van der Waals surface area contributed by atoms with E-state index in [1.807, 2.05) is 0 Å². The van der Waals surface area contributed by atoms with Gasteiger partial charge in [-0.05, 0) is 20.3 Å². The summed E-state index contributed by atoms with van der Waals surface area (Å²) in [5.41, 5.74) is 5.56. The molecule has 0 aliphatic heterocycles. The summed E-state index contributed by atoms with van der Waals surface area (Å²) in [4.78, 5) is 13.3. The van der Waals surface area contributed by atoms with Crippen LogP contribution in [0.2, 0.25) is 0 Å². The van der Waals surface area contributed by atoms with Gasteiger partial charge in [0.15, 0.2) is 0 Å². The molecule has 0 heterocycles. The third-order valence-electron chi connectivity index (χ3n) is 1.49. The Labute approximate surface area is 64.7 Å². The van der Waals surface area contributed by atoms with Crippen LogP contribution in [0.1, 0.15) is 20.3 Å². The predicted molar refractivity (Wildman–Crippen MR) is 38.2 cm³/mol. The molecule has 2 N–H and O–H groups in total. The smallest absolute Gasteiger partial charge is 0.309 e.